The van der Waals surface area contributed by atoms with E-state index in [1.807, 2.05) is 0 Å². The fraction of sp³-hybridized carbons (Fsp3) is 0. The number of hydrogen-bond donors (Lipinski definition) is 1. The Labute approximate surface area is 113 Å². The van der Waals surface area contributed by atoms with Gasteiger partial charge in [-0.25, -0.2) is 4.98 Å². The highest BCUT2D eigenvalue weighted by Gasteiger charge is 2.10. The van der Waals surface area contributed by atoms with Gasteiger partial charge in [-0.2, -0.15) is 0 Å². The van der Waals surface area contributed by atoms with Gasteiger partial charge in [-0.05, 0) is 18.2 Å². The van der Waals surface area contributed by atoms with Crippen LogP contribution in [0.2, 0.25) is 15.2 Å². The monoisotopic (exact) mass is 288 g/mol. The normalized spacial score (nSPS) is 10.3. The molecule has 0 aliphatic rings. The molecule has 1 heterocycles. The lowest BCUT2D eigenvalue weighted by Crippen LogP contribution is -1.90. The summed E-state index contributed by atoms with van der Waals surface area (Å²) in [6, 6.07) is 6.48. The van der Waals surface area contributed by atoms with E-state index in [2.05, 4.69) is 4.98 Å². The first-order chi connectivity index (χ1) is 8.08. The summed E-state index contributed by atoms with van der Waals surface area (Å²) in [5.74, 6) is 0.931. The van der Waals surface area contributed by atoms with Gasteiger partial charge >= 0.3 is 0 Å². The smallest absolute Gasteiger partial charge is 0.147 e. The molecule has 2 aromatic rings. The summed E-state index contributed by atoms with van der Waals surface area (Å²) in [6.07, 6.45) is 1.53. The van der Waals surface area contributed by atoms with E-state index in [4.69, 9.17) is 45.3 Å². The molecule has 0 bridgehead atoms. The van der Waals surface area contributed by atoms with Crippen LogP contribution in [0.1, 0.15) is 0 Å². The Morgan fingerprint density at radius 1 is 1.06 bits per heavy atom. The van der Waals surface area contributed by atoms with Crippen molar-refractivity contribution in [3.8, 4) is 11.5 Å². The quantitative estimate of drug-likeness (QED) is 0.658. The molecule has 0 aliphatic heterocycles. The van der Waals surface area contributed by atoms with Crippen molar-refractivity contribution in [1.82, 2.24) is 4.98 Å². The van der Waals surface area contributed by atoms with Gasteiger partial charge < -0.3 is 10.5 Å². The predicted octanol–water partition coefficient (Wildman–Crippen LogP) is 4.42. The highest BCUT2D eigenvalue weighted by molar-refractivity contribution is 6.44. The maximum Gasteiger partial charge on any atom is 0.147 e. The van der Waals surface area contributed by atoms with Crippen molar-refractivity contribution in [2.75, 3.05) is 5.73 Å². The zero-order chi connectivity index (χ0) is 12.4. The van der Waals surface area contributed by atoms with Crippen molar-refractivity contribution >= 4 is 40.5 Å². The Balaban J connectivity index is 2.34. The molecule has 0 fully saturated rings. The summed E-state index contributed by atoms with van der Waals surface area (Å²) in [5, 5.41) is 0.865. The molecule has 2 rings (SSSR count). The topological polar surface area (TPSA) is 48.1 Å². The molecule has 0 aliphatic carbocycles. The molecule has 0 spiro atoms. The summed E-state index contributed by atoms with van der Waals surface area (Å²) in [6.45, 7) is 0. The van der Waals surface area contributed by atoms with Crippen molar-refractivity contribution in [3.63, 3.8) is 0 Å². The average molecular weight is 290 g/mol. The molecular formula is C11H7Cl3N2O. The predicted molar refractivity (Wildman–Crippen MR) is 70.2 cm³/mol. The van der Waals surface area contributed by atoms with Crippen molar-refractivity contribution in [3.05, 3.63) is 45.7 Å². The fourth-order valence-corrected chi connectivity index (χ4v) is 1.73. The number of ether oxygens (including phenoxy) is 1. The zero-order valence-electron chi connectivity index (χ0n) is 8.45. The maximum absolute atomic E-state index is 6.00. The highest BCUT2D eigenvalue weighted by atomic mass is 35.5. The lowest BCUT2D eigenvalue weighted by molar-refractivity contribution is 0.482. The number of aromatic nitrogens is 1. The number of hydrogen-bond acceptors (Lipinski definition) is 3. The van der Waals surface area contributed by atoms with E-state index in [0.29, 0.717) is 22.3 Å². The molecule has 0 unspecified atom stereocenters. The van der Waals surface area contributed by atoms with Crippen LogP contribution in [-0.4, -0.2) is 4.98 Å². The molecule has 6 heteroatoms. The van der Waals surface area contributed by atoms with Crippen LogP contribution in [0, 0.1) is 0 Å². The number of halogens is 3. The Bertz CT molecular complexity index is 560. The number of pyridine rings is 1. The van der Waals surface area contributed by atoms with Gasteiger partial charge in [0, 0.05) is 12.3 Å². The molecule has 2 N–H and O–H groups in total. The Kier molecular flexibility index (Phi) is 3.62. The van der Waals surface area contributed by atoms with Crippen molar-refractivity contribution < 1.29 is 4.74 Å². The standard InChI is InChI=1S/C11H7Cl3N2O/c12-9-5-6(3-4-16-9)17-8-2-1-7(15)10(13)11(8)14/h1-5H,15H2. The van der Waals surface area contributed by atoms with E-state index >= 15 is 0 Å². The van der Waals surface area contributed by atoms with E-state index in [9.17, 15) is 0 Å². The van der Waals surface area contributed by atoms with Gasteiger partial charge in [0.15, 0.2) is 0 Å². The van der Waals surface area contributed by atoms with Crippen LogP contribution in [0.5, 0.6) is 11.5 Å². The van der Waals surface area contributed by atoms with Crippen molar-refractivity contribution in [1.29, 1.82) is 0 Å². The van der Waals surface area contributed by atoms with Gasteiger partial charge in [0.25, 0.3) is 0 Å². The molecule has 17 heavy (non-hydrogen) atoms. The largest absolute Gasteiger partial charge is 0.456 e. The molecule has 1 aromatic carbocycles. The summed E-state index contributed by atoms with van der Waals surface area (Å²) >= 11 is 17.6. The van der Waals surface area contributed by atoms with Crippen LogP contribution < -0.4 is 10.5 Å². The lowest BCUT2D eigenvalue weighted by atomic mass is 10.3. The number of nitrogens with two attached hydrogens (primary N) is 1. The first-order valence-electron chi connectivity index (χ1n) is 4.61. The van der Waals surface area contributed by atoms with E-state index in [0.717, 1.165) is 0 Å². The van der Waals surface area contributed by atoms with Crippen LogP contribution in [0.3, 0.4) is 0 Å². The second kappa shape index (κ2) is 5.00. The minimum Gasteiger partial charge on any atom is -0.456 e. The van der Waals surface area contributed by atoms with Gasteiger partial charge in [0.1, 0.15) is 21.7 Å². The summed E-state index contributed by atoms with van der Waals surface area (Å²) in [7, 11) is 0. The van der Waals surface area contributed by atoms with E-state index in [-0.39, 0.29) is 10.0 Å². The molecule has 0 radical (unpaired) electrons. The molecular weight excluding hydrogens is 282 g/mol. The Morgan fingerprint density at radius 2 is 1.82 bits per heavy atom. The molecule has 88 valence electrons. The summed E-state index contributed by atoms with van der Waals surface area (Å²) < 4.78 is 5.53. The minimum absolute atomic E-state index is 0.264. The second-order valence-electron chi connectivity index (χ2n) is 3.20. The first kappa shape index (κ1) is 12.3. The first-order valence-corrected chi connectivity index (χ1v) is 5.74. The Morgan fingerprint density at radius 3 is 2.53 bits per heavy atom. The van der Waals surface area contributed by atoms with Crippen molar-refractivity contribution in [2.24, 2.45) is 0 Å². The third kappa shape index (κ3) is 2.75. The third-order valence-corrected chi connectivity index (χ3v) is 3.09. The number of rotatable bonds is 2. The van der Waals surface area contributed by atoms with Crippen LogP contribution in [0.15, 0.2) is 30.5 Å². The van der Waals surface area contributed by atoms with Crippen molar-refractivity contribution in [2.45, 2.75) is 0 Å². The van der Waals surface area contributed by atoms with E-state index < -0.39 is 0 Å². The van der Waals surface area contributed by atoms with Crippen LogP contribution in [0.4, 0.5) is 5.69 Å². The molecule has 0 amide bonds. The van der Waals surface area contributed by atoms with E-state index in [1.165, 1.54) is 6.20 Å². The van der Waals surface area contributed by atoms with Crippen LogP contribution in [0.25, 0.3) is 0 Å². The molecule has 1 aromatic heterocycles. The average Bonchev–Trinajstić information content (AvgIpc) is 2.30. The zero-order valence-corrected chi connectivity index (χ0v) is 10.7. The highest BCUT2D eigenvalue weighted by Crippen LogP contribution is 2.38. The van der Waals surface area contributed by atoms with Gasteiger partial charge in [-0.1, -0.05) is 34.8 Å². The number of benzene rings is 1. The number of nitrogen functional groups attached to an aromatic ring is 1. The van der Waals surface area contributed by atoms with Gasteiger partial charge in [-0.15, -0.1) is 0 Å². The summed E-state index contributed by atoms with van der Waals surface area (Å²) in [4.78, 5) is 3.84. The number of anilines is 1. The van der Waals surface area contributed by atoms with Gasteiger partial charge in [0.05, 0.1) is 10.7 Å². The fourth-order valence-electron chi connectivity index (χ4n) is 1.20. The summed E-state index contributed by atoms with van der Waals surface area (Å²) in [5.41, 5.74) is 6.00. The molecule has 0 saturated heterocycles. The number of nitrogens with zero attached hydrogens (tertiary/aromatic N) is 1. The van der Waals surface area contributed by atoms with E-state index in [1.54, 1.807) is 24.3 Å². The minimum atomic E-state index is 0.264. The lowest BCUT2D eigenvalue weighted by Gasteiger charge is -2.09. The van der Waals surface area contributed by atoms with Crippen LogP contribution in [-0.2, 0) is 0 Å². The Hall–Kier alpha value is -1.16. The third-order valence-electron chi connectivity index (χ3n) is 2.00. The maximum atomic E-state index is 6.00. The van der Waals surface area contributed by atoms with Gasteiger partial charge in [-0.3, -0.25) is 0 Å². The van der Waals surface area contributed by atoms with Gasteiger partial charge in [0.2, 0.25) is 0 Å². The van der Waals surface area contributed by atoms with Crippen LogP contribution >= 0.6 is 34.8 Å². The SMILES string of the molecule is Nc1ccc(Oc2ccnc(Cl)c2)c(Cl)c1Cl. The molecule has 0 atom stereocenters. The molecule has 0 saturated carbocycles. The second-order valence-corrected chi connectivity index (χ2v) is 4.34. The molecule has 3 nitrogen and oxygen atoms in total.